The van der Waals surface area contributed by atoms with Gasteiger partial charge in [-0.15, -0.1) is 0 Å². The maximum atomic E-state index is 11.9. The highest BCUT2D eigenvalue weighted by Crippen LogP contribution is 2.20. The molecule has 2 unspecified atom stereocenters. The van der Waals surface area contributed by atoms with Crippen molar-refractivity contribution in [3.05, 3.63) is 25.3 Å². The molecule has 0 rings (SSSR count). The van der Waals surface area contributed by atoms with Crippen LogP contribution in [0.1, 0.15) is 67.2 Å². The highest BCUT2D eigenvalue weighted by atomic mass is 17.2. The van der Waals surface area contributed by atoms with Crippen LogP contribution >= 0.6 is 0 Å². The molecule has 0 radical (unpaired) electrons. The van der Waals surface area contributed by atoms with E-state index in [0.717, 1.165) is 25.7 Å². The Bertz CT molecular complexity index is 394. The Labute approximate surface area is 157 Å². The Morgan fingerprint density at radius 2 is 1.19 bits per heavy atom. The second-order valence-electron chi connectivity index (χ2n) is 7.07. The van der Waals surface area contributed by atoms with Crippen molar-refractivity contribution in [1.82, 2.24) is 0 Å². The van der Waals surface area contributed by atoms with Crippen LogP contribution < -0.4 is 0 Å². The van der Waals surface area contributed by atoms with Crippen molar-refractivity contribution >= 4 is 6.16 Å². The van der Waals surface area contributed by atoms with E-state index in [1.165, 1.54) is 12.2 Å². The van der Waals surface area contributed by atoms with Gasteiger partial charge in [0.1, 0.15) is 0 Å². The van der Waals surface area contributed by atoms with Gasteiger partial charge in [0.05, 0.1) is 11.2 Å². The van der Waals surface area contributed by atoms with Crippen LogP contribution in [0, 0.1) is 0 Å². The van der Waals surface area contributed by atoms with Crippen LogP contribution in [0.2, 0.25) is 0 Å². The Morgan fingerprint density at radius 3 is 1.46 bits per heavy atom. The minimum atomic E-state index is -1.12. The van der Waals surface area contributed by atoms with E-state index in [2.05, 4.69) is 13.2 Å². The first-order valence-electron chi connectivity index (χ1n) is 8.90. The van der Waals surface area contributed by atoms with Gasteiger partial charge >= 0.3 is 6.16 Å². The Kier molecular flexibility index (Phi) is 11.4. The Balaban J connectivity index is 4.44. The molecule has 0 aromatic carbocycles. The SMILES string of the molecule is C=CC(OOC(C)(C)CCC)OC(=O)OC(C=C)OOC(C)(C)CCC. The van der Waals surface area contributed by atoms with E-state index in [0.29, 0.717) is 0 Å². The number of hydrogen-bond donors (Lipinski definition) is 0. The normalized spacial score (nSPS) is 14.4. The molecule has 152 valence electrons. The van der Waals surface area contributed by atoms with Crippen molar-refractivity contribution in [2.24, 2.45) is 0 Å². The molecule has 0 aliphatic carbocycles. The van der Waals surface area contributed by atoms with Crippen LogP contribution in [0.5, 0.6) is 0 Å². The van der Waals surface area contributed by atoms with E-state index in [1.807, 2.05) is 41.5 Å². The minimum Gasteiger partial charge on any atom is -0.398 e. The molecule has 7 nitrogen and oxygen atoms in total. The lowest BCUT2D eigenvalue weighted by atomic mass is 10.0. The number of hydrogen-bond acceptors (Lipinski definition) is 7. The topological polar surface area (TPSA) is 72.5 Å². The summed E-state index contributed by atoms with van der Waals surface area (Å²) < 4.78 is 9.95. The molecule has 0 amide bonds. The average Bonchev–Trinajstić information content (AvgIpc) is 2.55. The summed E-state index contributed by atoms with van der Waals surface area (Å²) in [6.07, 6.45) is 2.66. The third kappa shape index (κ3) is 11.3. The van der Waals surface area contributed by atoms with Crippen molar-refractivity contribution in [2.75, 3.05) is 0 Å². The molecule has 2 atom stereocenters. The summed E-state index contributed by atoms with van der Waals surface area (Å²) in [5.74, 6) is 0. The molecule has 0 spiro atoms. The molecule has 0 heterocycles. The summed E-state index contributed by atoms with van der Waals surface area (Å²) in [5, 5.41) is 0. The van der Waals surface area contributed by atoms with Gasteiger partial charge < -0.3 is 9.47 Å². The lowest BCUT2D eigenvalue weighted by molar-refractivity contribution is -0.412. The molecule has 0 saturated carbocycles. The quantitative estimate of drug-likeness (QED) is 0.136. The average molecular weight is 374 g/mol. The van der Waals surface area contributed by atoms with E-state index in [-0.39, 0.29) is 0 Å². The van der Waals surface area contributed by atoms with Crippen molar-refractivity contribution in [3.8, 4) is 0 Å². The number of carbonyl (C=O) groups is 1. The van der Waals surface area contributed by atoms with E-state index >= 15 is 0 Å². The fourth-order valence-corrected chi connectivity index (χ4v) is 2.07. The van der Waals surface area contributed by atoms with Crippen LogP contribution in [0.25, 0.3) is 0 Å². The lowest BCUT2D eigenvalue weighted by Crippen LogP contribution is -2.31. The van der Waals surface area contributed by atoms with E-state index < -0.39 is 29.9 Å². The summed E-state index contributed by atoms with van der Waals surface area (Å²) in [4.78, 5) is 32.7. The van der Waals surface area contributed by atoms with Gasteiger partial charge in [-0.05, 0) is 52.7 Å². The van der Waals surface area contributed by atoms with Gasteiger partial charge in [0, 0.05) is 0 Å². The summed E-state index contributed by atoms with van der Waals surface area (Å²) in [7, 11) is 0. The maximum absolute atomic E-state index is 11.9. The van der Waals surface area contributed by atoms with Crippen molar-refractivity contribution in [1.29, 1.82) is 0 Å². The monoisotopic (exact) mass is 374 g/mol. The smallest absolute Gasteiger partial charge is 0.398 e. The standard InChI is InChI=1S/C19H34O7/c1-9-13-18(5,6)25-23-15(11-3)21-17(20)22-16(12-4)24-26-19(7,8)14-10-2/h11-12,15-16H,3-4,9-10,13-14H2,1-2,5-8H3. The third-order valence-corrected chi connectivity index (χ3v) is 3.25. The third-order valence-electron chi connectivity index (χ3n) is 3.25. The minimum absolute atomic E-state index is 0.519. The number of ether oxygens (including phenoxy) is 2. The summed E-state index contributed by atoms with van der Waals surface area (Å²) >= 11 is 0. The first-order valence-corrected chi connectivity index (χ1v) is 8.90. The predicted octanol–water partition coefficient (Wildman–Crippen LogP) is 5.22. The molecular formula is C19H34O7. The Hall–Kier alpha value is -1.41. The molecule has 0 bridgehead atoms. The zero-order valence-corrected chi connectivity index (χ0v) is 16.9. The van der Waals surface area contributed by atoms with Gasteiger partial charge in [0.25, 0.3) is 12.6 Å². The van der Waals surface area contributed by atoms with Crippen LogP contribution in [0.3, 0.4) is 0 Å². The van der Waals surface area contributed by atoms with Gasteiger partial charge in [-0.1, -0.05) is 39.8 Å². The molecular weight excluding hydrogens is 340 g/mol. The van der Waals surface area contributed by atoms with Gasteiger partial charge in [0.15, 0.2) is 0 Å². The Morgan fingerprint density at radius 1 is 0.846 bits per heavy atom. The first-order chi connectivity index (χ1) is 12.1. The van der Waals surface area contributed by atoms with Gasteiger partial charge in [-0.2, -0.15) is 9.78 Å². The first kappa shape index (κ1) is 24.6. The predicted molar refractivity (Wildman–Crippen MR) is 97.9 cm³/mol. The van der Waals surface area contributed by atoms with E-state index in [1.54, 1.807) is 0 Å². The summed E-state index contributed by atoms with van der Waals surface area (Å²) in [6.45, 7) is 18.6. The van der Waals surface area contributed by atoms with Crippen LogP contribution in [-0.2, 0) is 29.0 Å². The molecule has 7 heteroatoms. The second-order valence-corrected chi connectivity index (χ2v) is 7.07. The molecule has 0 aliphatic heterocycles. The molecule has 0 fully saturated rings. The summed E-state index contributed by atoms with van der Waals surface area (Å²) in [5.41, 5.74) is -1.04. The van der Waals surface area contributed by atoms with Crippen LogP contribution in [-0.4, -0.2) is 29.9 Å². The lowest BCUT2D eigenvalue weighted by Gasteiger charge is -2.26. The highest BCUT2D eigenvalue weighted by Gasteiger charge is 2.25. The maximum Gasteiger partial charge on any atom is 0.513 e. The van der Waals surface area contributed by atoms with Crippen LogP contribution in [0.15, 0.2) is 25.3 Å². The highest BCUT2D eigenvalue weighted by molar-refractivity contribution is 5.60. The largest absolute Gasteiger partial charge is 0.513 e. The molecule has 0 aromatic heterocycles. The fraction of sp³-hybridized carbons (Fsp3) is 0.737. The van der Waals surface area contributed by atoms with Gasteiger partial charge in [0.2, 0.25) is 0 Å². The summed E-state index contributed by atoms with van der Waals surface area (Å²) in [6, 6.07) is 0. The van der Waals surface area contributed by atoms with Crippen molar-refractivity contribution in [2.45, 2.75) is 91.0 Å². The van der Waals surface area contributed by atoms with Gasteiger partial charge in [-0.3, -0.25) is 0 Å². The number of carbonyl (C=O) groups excluding carboxylic acids is 1. The zero-order chi connectivity index (χ0) is 20.2. The molecule has 0 N–H and O–H groups in total. The second kappa shape index (κ2) is 12.1. The molecule has 26 heavy (non-hydrogen) atoms. The molecule has 0 aliphatic rings. The zero-order valence-electron chi connectivity index (χ0n) is 16.9. The number of rotatable bonds is 14. The fourth-order valence-electron chi connectivity index (χ4n) is 2.07. The van der Waals surface area contributed by atoms with Crippen molar-refractivity contribution < 1.29 is 33.8 Å². The molecule has 0 aromatic rings. The molecule has 0 saturated heterocycles. The van der Waals surface area contributed by atoms with Gasteiger partial charge in [-0.25, -0.2) is 14.6 Å². The van der Waals surface area contributed by atoms with E-state index in [4.69, 9.17) is 29.0 Å². The van der Waals surface area contributed by atoms with Crippen molar-refractivity contribution in [3.63, 3.8) is 0 Å². The van der Waals surface area contributed by atoms with E-state index in [9.17, 15) is 4.79 Å². The van der Waals surface area contributed by atoms with Crippen LogP contribution in [0.4, 0.5) is 4.79 Å².